The number of rotatable bonds is 4. The first-order chi connectivity index (χ1) is 9.20. The second-order valence-electron chi connectivity index (χ2n) is 4.31. The Kier molecular flexibility index (Phi) is 5.26. The smallest absolute Gasteiger partial charge is 0.426 e. The molecule has 1 atom stereocenters. The molecule has 0 aromatic heterocycles. The number of amides is 1. The highest BCUT2D eigenvalue weighted by Crippen LogP contribution is 2.33. The van der Waals surface area contributed by atoms with Gasteiger partial charge in [-0.2, -0.15) is 0 Å². The molecular formula is C13H17IN2O3. The Hall–Kier alpha value is -1.02. The highest BCUT2D eigenvalue weighted by Gasteiger charge is 2.22. The molecule has 0 saturated heterocycles. The molecule has 0 radical (unpaired) electrons. The van der Waals surface area contributed by atoms with Crippen molar-refractivity contribution in [2.45, 2.75) is 25.8 Å². The molecule has 0 spiro atoms. The van der Waals surface area contributed by atoms with E-state index in [-0.39, 0.29) is 6.04 Å². The standard InChI is InChI=1S/C13H17IN2O3/c1-2-6-15-13(17)19-16-11-5-7-18-12-4-3-9(14)8-10(11)12/h3-4,8,11,16H,2,5-7H2,1H3,(H,15,17). The third-order valence-electron chi connectivity index (χ3n) is 2.82. The molecule has 0 saturated carbocycles. The van der Waals surface area contributed by atoms with E-state index in [0.717, 1.165) is 27.7 Å². The maximum Gasteiger partial charge on any atom is 0.426 e. The Morgan fingerprint density at radius 2 is 2.42 bits per heavy atom. The van der Waals surface area contributed by atoms with Crippen LogP contribution < -0.4 is 15.5 Å². The van der Waals surface area contributed by atoms with Gasteiger partial charge in [-0.3, -0.25) is 0 Å². The summed E-state index contributed by atoms with van der Waals surface area (Å²) in [5.41, 5.74) is 3.85. The van der Waals surface area contributed by atoms with E-state index in [4.69, 9.17) is 9.57 Å². The van der Waals surface area contributed by atoms with Gasteiger partial charge in [0.2, 0.25) is 0 Å². The Balaban J connectivity index is 1.95. The minimum absolute atomic E-state index is 0.0224. The van der Waals surface area contributed by atoms with Gasteiger partial charge < -0.3 is 14.9 Å². The molecule has 1 amide bonds. The average Bonchev–Trinajstić information content (AvgIpc) is 2.42. The third kappa shape index (κ3) is 3.97. The lowest BCUT2D eigenvalue weighted by molar-refractivity contribution is 0.0565. The maximum absolute atomic E-state index is 11.4. The first-order valence-corrected chi connectivity index (χ1v) is 7.41. The van der Waals surface area contributed by atoms with Gasteiger partial charge in [0.05, 0.1) is 12.6 Å². The van der Waals surface area contributed by atoms with Crippen LogP contribution in [0.3, 0.4) is 0 Å². The summed E-state index contributed by atoms with van der Waals surface area (Å²) in [6, 6.07) is 5.96. The summed E-state index contributed by atoms with van der Waals surface area (Å²) >= 11 is 2.25. The zero-order valence-electron chi connectivity index (χ0n) is 10.7. The minimum atomic E-state index is -0.444. The van der Waals surface area contributed by atoms with Crippen molar-refractivity contribution in [1.82, 2.24) is 10.8 Å². The molecule has 6 heteroatoms. The molecule has 0 fully saturated rings. The Labute approximate surface area is 126 Å². The highest BCUT2D eigenvalue weighted by atomic mass is 127. The molecule has 1 unspecified atom stereocenters. The molecule has 104 valence electrons. The Morgan fingerprint density at radius 3 is 3.21 bits per heavy atom. The molecule has 1 aromatic carbocycles. The van der Waals surface area contributed by atoms with Gasteiger partial charge in [0.25, 0.3) is 0 Å². The van der Waals surface area contributed by atoms with Crippen molar-refractivity contribution < 1.29 is 14.4 Å². The van der Waals surface area contributed by atoms with Gasteiger partial charge in [0.1, 0.15) is 5.75 Å². The van der Waals surface area contributed by atoms with Crippen LogP contribution in [0, 0.1) is 3.57 Å². The average molecular weight is 376 g/mol. The van der Waals surface area contributed by atoms with Gasteiger partial charge in [-0.1, -0.05) is 6.92 Å². The van der Waals surface area contributed by atoms with Gasteiger partial charge >= 0.3 is 6.09 Å². The van der Waals surface area contributed by atoms with Crippen molar-refractivity contribution in [2.75, 3.05) is 13.2 Å². The molecular weight excluding hydrogens is 359 g/mol. The first-order valence-electron chi connectivity index (χ1n) is 6.33. The topological polar surface area (TPSA) is 59.6 Å². The lowest BCUT2D eigenvalue weighted by Gasteiger charge is -2.26. The number of fused-ring (bicyclic) bond motifs is 1. The van der Waals surface area contributed by atoms with E-state index in [1.165, 1.54) is 0 Å². The molecule has 1 aliphatic heterocycles. The zero-order valence-corrected chi connectivity index (χ0v) is 12.9. The lowest BCUT2D eigenvalue weighted by Crippen LogP contribution is -2.34. The summed E-state index contributed by atoms with van der Waals surface area (Å²) in [7, 11) is 0. The van der Waals surface area contributed by atoms with E-state index in [0.29, 0.717) is 13.2 Å². The van der Waals surface area contributed by atoms with Crippen molar-refractivity contribution >= 4 is 28.7 Å². The summed E-state index contributed by atoms with van der Waals surface area (Å²) in [6.07, 6.45) is 1.21. The summed E-state index contributed by atoms with van der Waals surface area (Å²) < 4.78 is 6.71. The van der Waals surface area contributed by atoms with E-state index in [9.17, 15) is 4.79 Å². The molecule has 19 heavy (non-hydrogen) atoms. The van der Waals surface area contributed by atoms with Crippen LogP contribution in [0.4, 0.5) is 4.79 Å². The van der Waals surface area contributed by atoms with Crippen LogP contribution in [0.15, 0.2) is 18.2 Å². The normalized spacial score (nSPS) is 17.3. The predicted molar refractivity (Wildman–Crippen MR) is 79.9 cm³/mol. The second kappa shape index (κ2) is 6.95. The molecule has 0 bridgehead atoms. The van der Waals surface area contributed by atoms with Crippen molar-refractivity contribution in [1.29, 1.82) is 0 Å². The first kappa shape index (κ1) is 14.4. The highest BCUT2D eigenvalue weighted by molar-refractivity contribution is 14.1. The van der Waals surface area contributed by atoms with Crippen molar-refractivity contribution in [3.63, 3.8) is 0 Å². The zero-order chi connectivity index (χ0) is 13.7. The lowest BCUT2D eigenvalue weighted by atomic mass is 10.0. The van der Waals surface area contributed by atoms with Gasteiger partial charge in [-0.15, -0.1) is 5.48 Å². The largest absolute Gasteiger partial charge is 0.493 e. The molecule has 5 nitrogen and oxygen atoms in total. The van der Waals surface area contributed by atoms with Crippen LogP contribution in [-0.2, 0) is 4.84 Å². The number of halogens is 1. The molecule has 1 aromatic rings. The van der Waals surface area contributed by atoms with Crippen LogP contribution in [-0.4, -0.2) is 19.2 Å². The SMILES string of the molecule is CCCNC(=O)ONC1CCOc2ccc(I)cc21. The summed E-state index contributed by atoms with van der Waals surface area (Å²) in [4.78, 5) is 16.4. The molecule has 2 rings (SSSR count). The fourth-order valence-corrected chi connectivity index (χ4v) is 2.39. The van der Waals surface area contributed by atoms with Gasteiger partial charge in [0, 0.05) is 22.1 Å². The van der Waals surface area contributed by atoms with E-state index in [1.807, 2.05) is 25.1 Å². The number of nitrogens with one attached hydrogen (secondary N) is 2. The summed E-state index contributed by atoms with van der Waals surface area (Å²) in [5.74, 6) is 0.849. The monoisotopic (exact) mass is 376 g/mol. The van der Waals surface area contributed by atoms with E-state index in [1.54, 1.807) is 0 Å². The van der Waals surface area contributed by atoms with Crippen LogP contribution >= 0.6 is 22.6 Å². The van der Waals surface area contributed by atoms with E-state index < -0.39 is 6.09 Å². The number of carbonyl (C=O) groups is 1. The number of hydrogen-bond acceptors (Lipinski definition) is 4. The van der Waals surface area contributed by atoms with Crippen LogP contribution in [0.5, 0.6) is 5.75 Å². The van der Waals surface area contributed by atoms with E-state index >= 15 is 0 Å². The summed E-state index contributed by atoms with van der Waals surface area (Å²) in [5, 5.41) is 2.65. The predicted octanol–water partition coefficient (Wildman–Crippen LogP) is 2.76. The number of hydroxylamine groups is 1. The molecule has 1 aliphatic rings. The second-order valence-corrected chi connectivity index (χ2v) is 5.55. The van der Waals surface area contributed by atoms with Gasteiger partial charge in [0.15, 0.2) is 0 Å². The Bertz CT molecular complexity index is 454. The van der Waals surface area contributed by atoms with Crippen molar-refractivity contribution in [3.05, 3.63) is 27.3 Å². The van der Waals surface area contributed by atoms with Crippen LogP contribution in [0.2, 0.25) is 0 Å². The summed E-state index contributed by atoms with van der Waals surface area (Å²) in [6.45, 7) is 3.22. The van der Waals surface area contributed by atoms with Gasteiger partial charge in [-0.25, -0.2) is 4.79 Å². The fraction of sp³-hybridized carbons (Fsp3) is 0.462. The quantitative estimate of drug-likeness (QED) is 0.627. The van der Waals surface area contributed by atoms with Crippen LogP contribution in [0.1, 0.15) is 31.4 Å². The number of benzene rings is 1. The number of ether oxygens (including phenoxy) is 1. The molecule has 2 N–H and O–H groups in total. The number of hydrogen-bond donors (Lipinski definition) is 2. The van der Waals surface area contributed by atoms with E-state index in [2.05, 4.69) is 33.4 Å². The fourth-order valence-electron chi connectivity index (χ4n) is 1.88. The Morgan fingerprint density at radius 1 is 1.58 bits per heavy atom. The number of carbonyl (C=O) groups excluding carboxylic acids is 1. The van der Waals surface area contributed by atoms with Crippen molar-refractivity contribution in [3.8, 4) is 5.75 Å². The maximum atomic E-state index is 11.4. The van der Waals surface area contributed by atoms with Gasteiger partial charge in [-0.05, 0) is 47.2 Å². The minimum Gasteiger partial charge on any atom is -0.493 e. The third-order valence-corrected chi connectivity index (χ3v) is 3.50. The van der Waals surface area contributed by atoms with Crippen LogP contribution in [0.25, 0.3) is 0 Å². The molecule has 0 aliphatic carbocycles. The molecule has 1 heterocycles. The van der Waals surface area contributed by atoms with Crippen molar-refractivity contribution in [2.24, 2.45) is 0 Å².